The van der Waals surface area contributed by atoms with Crippen LogP contribution in [0, 0.1) is 12.8 Å². The maximum absolute atomic E-state index is 12.7. The van der Waals surface area contributed by atoms with E-state index in [-0.39, 0.29) is 11.8 Å². The third kappa shape index (κ3) is 5.70. The van der Waals surface area contributed by atoms with Gasteiger partial charge in [-0.15, -0.1) is 0 Å². The Bertz CT molecular complexity index is 967. The van der Waals surface area contributed by atoms with Crippen LogP contribution < -0.4 is 10.2 Å². The summed E-state index contributed by atoms with van der Waals surface area (Å²) in [5, 5.41) is 1.12. The number of carbonyl (C=O) groups is 2. The van der Waals surface area contributed by atoms with Crippen LogP contribution in [0.5, 0.6) is 5.75 Å². The van der Waals surface area contributed by atoms with Crippen LogP contribution in [0.2, 0.25) is 0 Å². The first-order valence-corrected chi connectivity index (χ1v) is 10.9. The second-order valence-electron chi connectivity index (χ2n) is 7.42. The van der Waals surface area contributed by atoms with Gasteiger partial charge >= 0.3 is 0 Å². The van der Waals surface area contributed by atoms with Crippen molar-refractivity contribution in [2.45, 2.75) is 27.2 Å². The highest BCUT2D eigenvalue weighted by atomic mass is 32.2. The average Bonchev–Trinajstić information content (AvgIpc) is 2.97. The Kier molecular flexibility index (Phi) is 7.29. The van der Waals surface area contributed by atoms with Crippen LogP contribution >= 0.6 is 24.0 Å². The van der Waals surface area contributed by atoms with E-state index in [9.17, 15) is 9.59 Å². The van der Waals surface area contributed by atoms with Crippen LogP contribution in [-0.4, -0.2) is 27.8 Å². The molecule has 0 saturated carbocycles. The number of ether oxygens (including phenoxy) is 1. The quantitative estimate of drug-likeness (QED) is 0.487. The Morgan fingerprint density at radius 2 is 1.83 bits per heavy atom. The molecule has 1 N–H and O–H groups in total. The minimum Gasteiger partial charge on any atom is -0.494 e. The minimum absolute atomic E-state index is 0.292. The van der Waals surface area contributed by atoms with Gasteiger partial charge in [-0.1, -0.05) is 55.4 Å². The van der Waals surface area contributed by atoms with Gasteiger partial charge in [-0.3, -0.25) is 15.0 Å². The molecule has 2 aromatic rings. The van der Waals surface area contributed by atoms with Gasteiger partial charge in [-0.2, -0.15) is 5.01 Å². The van der Waals surface area contributed by atoms with E-state index >= 15 is 0 Å². The Balaban J connectivity index is 1.64. The Morgan fingerprint density at radius 1 is 1.17 bits per heavy atom. The molecule has 7 heteroatoms. The van der Waals surface area contributed by atoms with Crippen molar-refractivity contribution in [2.75, 3.05) is 6.61 Å². The number of thiocarbonyl (C=S) groups is 1. The number of hydrazine groups is 1. The summed E-state index contributed by atoms with van der Waals surface area (Å²) in [5.74, 6) is 0.668. The van der Waals surface area contributed by atoms with Crippen molar-refractivity contribution in [1.29, 1.82) is 0 Å². The number of hydrogen-bond donors (Lipinski definition) is 1. The number of carbonyl (C=O) groups excluding carboxylic acids is 2. The van der Waals surface area contributed by atoms with E-state index in [1.807, 2.05) is 43.3 Å². The molecule has 0 atom stereocenters. The average molecular weight is 441 g/mol. The van der Waals surface area contributed by atoms with Crippen LogP contribution in [0.4, 0.5) is 0 Å². The van der Waals surface area contributed by atoms with E-state index in [0.29, 0.717) is 27.3 Å². The maximum Gasteiger partial charge on any atom is 0.285 e. The molecule has 2 amide bonds. The highest BCUT2D eigenvalue weighted by Crippen LogP contribution is 2.31. The normalized spacial score (nSPS) is 15.2. The van der Waals surface area contributed by atoms with Gasteiger partial charge in [0, 0.05) is 5.56 Å². The third-order valence-corrected chi connectivity index (χ3v) is 5.76. The predicted molar refractivity (Wildman–Crippen MR) is 125 cm³/mol. The molecule has 0 bridgehead atoms. The zero-order chi connectivity index (χ0) is 21.7. The summed E-state index contributed by atoms with van der Waals surface area (Å²) >= 11 is 6.44. The summed E-state index contributed by atoms with van der Waals surface area (Å²) in [7, 11) is 0. The molecule has 0 aliphatic carbocycles. The second-order valence-corrected chi connectivity index (χ2v) is 9.10. The molecule has 2 aromatic carbocycles. The standard InChI is InChI=1S/C23H24N2O3S2/c1-15(2)12-13-28-19-10-6-17(7-11-19)14-20-22(27)25(23(29)30-20)24-21(26)18-8-4-16(3)5-9-18/h4-11,14-15H,12-13H2,1-3H3,(H,24,26)/b20-14+. The van der Waals surface area contributed by atoms with Gasteiger partial charge in [0.15, 0.2) is 4.32 Å². The van der Waals surface area contributed by atoms with Gasteiger partial charge in [-0.25, -0.2) is 0 Å². The van der Waals surface area contributed by atoms with Crippen molar-refractivity contribution in [3.63, 3.8) is 0 Å². The van der Waals surface area contributed by atoms with Gasteiger partial charge in [0.1, 0.15) is 5.75 Å². The number of hydrogen-bond acceptors (Lipinski definition) is 5. The van der Waals surface area contributed by atoms with Gasteiger partial charge < -0.3 is 4.74 Å². The molecule has 1 fully saturated rings. The summed E-state index contributed by atoms with van der Waals surface area (Å²) < 4.78 is 6.01. The van der Waals surface area contributed by atoms with Gasteiger partial charge in [0.25, 0.3) is 11.8 Å². The topological polar surface area (TPSA) is 58.6 Å². The van der Waals surface area contributed by atoms with Crippen LogP contribution in [0.3, 0.4) is 0 Å². The number of nitrogens with one attached hydrogen (secondary N) is 1. The lowest BCUT2D eigenvalue weighted by Crippen LogP contribution is -2.44. The van der Waals surface area contributed by atoms with Crippen LogP contribution in [0.1, 0.15) is 41.8 Å². The molecule has 3 rings (SSSR count). The molecule has 0 aromatic heterocycles. The molecule has 1 aliphatic heterocycles. The van der Waals surface area contributed by atoms with Gasteiger partial charge in [-0.05, 0) is 67.4 Å². The van der Waals surface area contributed by atoms with Crippen LogP contribution in [0.25, 0.3) is 6.08 Å². The molecule has 30 heavy (non-hydrogen) atoms. The lowest BCUT2D eigenvalue weighted by molar-refractivity contribution is -0.123. The fourth-order valence-corrected chi connectivity index (χ4v) is 3.84. The summed E-state index contributed by atoms with van der Waals surface area (Å²) in [6, 6.07) is 14.7. The van der Waals surface area contributed by atoms with Crippen molar-refractivity contribution >= 4 is 46.2 Å². The first kappa shape index (κ1) is 22.1. The maximum atomic E-state index is 12.7. The molecule has 1 heterocycles. The van der Waals surface area contributed by atoms with E-state index in [1.165, 1.54) is 0 Å². The Hall–Kier alpha value is -2.64. The molecule has 1 aliphatic rings. The van der Waals surface area contributed by atoms with E-state index in [2.05, 4.69) is 19.3 Å². The first-order valence-electron chi connectivity index (χ1n) is 9.72. The van der Waals surface area contributed by atoms with E-state index in [4.69, 9.17) is 17.0 Å². The largest absolute Gasteiger partial charge is 0.494 e. The van der Waals surface area contributed by atoms with Crippen molar-refractivity contribution in [1.82, 2.24) is 10.4 Å². The summed E-state index contributed by atoms with van der Waals surface area (Å²) in [5.41, 5.74) is 4.97. The number of benzene rings is 2. The van der Waals surface area contributed by atoms with E-state index in [0.717, 1.165) is 40.1 Å². The number of thioether (sulfide) groups is 1. The van der Waals surface area contributed by atoms with Crippen molar-refractivity contribution in [2.24, 2.45) is 5.92 Å². The van der Waals surface area contributed by atoms with Gasteiger partial charge in [0.05, 0.1) is 11.5 Å². The lowest BCUT2D eigenvalue weighted by atomic mass is 10.1. The number of rotatable bonds is 7. The second kappa shape index (κ2) is 9.91. The zero-order valence-corrected chi connectivity index (χ0v) is 18.8. The summed E-state index contributed by atoms with van der Waals surface area (Å²) in [6.45, 7) is 6.94. The molecule has 0 radical (unpaired) electrons. The summed E-state index contributed by atoms with van der Waals surface area (Å²) in [4.78, 5) is 25.6. The number of aryl methyl sites for hydroxylation is 1. The molecule has 0 unspecified atom stereocenters. The predicted octanol–water partition coefficient (Wildman–Crippen LogP) is 4.97. The molecular weight excluding hydrogens is 416 g/mol. The first-order chi connectivity index (χ1) is 14.3. The van der Waals surface area contributed by atoms with Crippen molar-refractivity contribution in [3.8, 4) is 5.75 Å². The fraction of sp³-hybridized carbons (Fsp3) is 0.261. The monoisotopic (exact) mass is 440 g/mol. The van der Waals surface area contributed by atoms with E-state index < -0.39 is 0 Å². The highest BCUT2D eigenvalue weighted by Gasteiger charge is 2.33. The fourth-order valence-electron chi connectivity index (χ4n) is 2.66. The number of amides is 2. The highest BCUT2D eigenvalue weighted by molar-refractivity contribution is 8.26. The van der Waals surface area contributed by atoms with E-state index in [1.54, 1.807) is 18.2 Å². The molecule has 1 saturated heterocycles. The molecule has 156 valence electrons. The number of nitrogens with zero attached hydrogens (tertiary/aromatic N) is 1. The lowest BCUT2D eigenvalue weighted by Gasteiger charge is -2.15. The SMILES string of the molecule is Cc1ccc(C(=O)NN2C(=O)/C(=C\c3ccc(OCCC(C)C)cc3)SC2=S)cc1. The van der Waals surface area contributed by atoms with Crippen molar-refractivity contribution in [3.05, 3.63) is 70.1 Å². The smallest absolute Gasteiger partial charge is 0.285 e. The van der Waals surface area contributed by atoms with Crippen LogP contribution in [0.15, 0.2) is 53.4 Å². The van der Waals surface area contributed by atoms with Crippen LogP contribution in [-0.2, 0) is 4.79 Å². The zero-order valence-electron chi connectivity index (χ0n) is 17.2. The minimum atomic E-state index is -0.379. The third-order valence-electron chi connectivity index (χ3n) is 4.46. The Morgan fingerprint density at radius 3 is 2.47 bits per heavy atom. The molecular formula is C23H24N2O3S2. The molecule has 0 spiro atoms. The van der Waals surface area contributed by atoms with Gasteiger partial charge in [0.2, 0.25) is 0 Å². The Labute approximate surface area is 186 Å². The molecule has 5 nitrogen and oxygen atoms in total. The summed E-state index contributed by atoms with van der Waals surface area (Å²) in [6.07, 6.45) is 2.76. The van der Waals surface area contributed by atoms with Crippen molar-refractivity contribution < 1.29 is 14.3 Å².